The summed E-state index contributed by atoms with van der Waals surface area (Å²) in [5.41, 5.74) is 8.94. The summed E-state index contributed by atoms with van der Waals surface area (Å²) in [6.07, 6.45) is 0. The lowest BCUT2D eigenvalue weighted by Gasteiger charge is -2.27. The van der Waals surface area contributed by atoms with E-state index in [1.165, 1.54) is 17.0 Å². The summed E-state index contributed by atoms with van der Waals surface area (Å²) in [7, 11) is 1.66. The molecule has 0 radical (unpaired) electrons. The predicted octanol–water partition coefficient (Wildman–Crippen LogP) is 3.53. The molecule has 1 heterocycles. The van der Waals surface area contributed by atoms with E-state index in [1.807, 2.05) is 43.3 Å². The Morgan fingerprint density at radius 3 is 2.36 bits per heavy atom. The highest BCUT2D eigenvalue weighted by molar-refractivity contribution is 6.13. The van der Waals surface area contributed by atoms with Crippen molar-refractivity contribution in [3.63, 3.8) is 0 Å². The number of carbonyl (C=O) groups excluding carboxylic acids is 4. The quantitative estimate of drug-likeness (QED) is 0.317. The van der Waals surface area contributed by atoms with Crippen LogP contribution in [0.3, 0.4) is 0 Å². The molecule has 9 heteroatoms. The van der Waals surface area contributed by atoms with Gasteiger partial charge in [-0.25, -0.2) is 0 Å². The van der Waals surface area contributed by atoms with Gasteiger partial charge in [-0.15, -0.1) is 0 Å². The Hall–Kier alpha value is -5.02. The first-order chi connectivity index (χ1) is 20.2. The molecule has 1 aliphatic rings. The largest absolute Gasteiger partial charge is 0.366 e. The molecule has 1 aliphatic heterocycles. The maximum Gasteiger partial charge on any atom is 0.258 e. The minimum Gasteiger partial charge on any atom is -0.366 e. The van der Waals surface area contributed by atoms with E-state index in [-0.39, 0.29) is 36.0 Å². The number of para-hydroxylation sites is 2. The van der Waals surface area contributed by atoms with Crippen LogP contribution in [-0.4, -0.2) is 49.3 Å². The van der Waals surface area contributed by atoms with Crippen molar-refractivity contribution in [1.29, 1.82) is 0 Å². The van der Waals surface area contributed by atoms with Crippen molar-refractivity contribution in [2.45, 2.75) is 32.5 Å². The number of fused-ring (bicyclic) bond motifs is 2. The number of primary amides is 1. The van der Waals surface area contributed by atoms with E-state index in [2.05, 4.69) is 16.7 Å². The minimum absolute atomic E-state index is 0.108. The average molecular weight is 564 g/mol. The first kappa shape index (κ1) is 28.5. The Bertz CT molecular complexity index is 1700. The Labute approximate surface area is 244 Å². The van der Waals surface area contributed by atoms with Crippen LogP contribution in [0, 0.1) is 6.92 Å². The number of rotatable bonds is 7. The normalized spacial score (nSPS) is 15.6. The minimum atomic E-state index is -1.04. The van der Waals surface area contributed by atoms with Crippen molar-refractivity contribution in [2.75, 3.05) is 23.4 Å². The topological polar surface area (TPSA) is 125 Å². The molecule has 0 aliphatic carbocycles. The van der Waals surface area contributed by atoms with Gasteiger partial charge in [-0.2, -0.15) is 0 Å². The Balaban J connectivity index is 1.64. The lowest BCUT2D eigenvalue weighted by molar-refractivity contribution is -0.128. The van der Waals surface area contributed by atoms with Gasteiger partial charge in [-0.05, 0) is 73.1 Å². The molecule has 0 bridgehead atoms. The molecule has 0 aromatic heterocycles. The predicted molar refractivity (Wildman–Crippen MR) is 163 cm³/mol. The fourth-order valence-electron chi connectivity index (χ4n) is 5.25. The highest BCUT2D eigenvalue weighted by Crippen LogP contribution is 2.36. The molecule has 0 fully saturated rings. The molecule has 0 spiro atoms. The van der Waals surface area contributed by atoms with E-state index in [1.54, 1.807) is 49.2 Å². The van der Waals surface area contributed by atoms with Crippen LogP contribution in [0.25, 0.3) is 10.8 Å². The summed E-state index contributed by atoms with van der Waals surface area (Å²) < 4.78 is 0. The van der Waals surface area contributed by atoms with Crippen molar-refractivity contribution in [1.82, 2.24) is 10.6 Å². The summed E-state index contributed by atoms with van der Waals surface area (Å²) in [4.78, 5) is 56.4. The third kappa shape index (κ3) is 5.46. The van der Waals surface area contributed by atoms with Crippen molar-refractivity contribution in [2.24, 2.45) is 5.73 Å². The molecule has 0 saturated carbocycles. The first-order valence-electron chi connectivity index (χ1n) is 13.8. The van der Waals surface area contributed by atoms with Gasteiger partial charge < -0.3 is 26.2 Å². The lowest BCUT2D eigenvalue weighted by Crippen LogP contribution is -2.55. The van der Waals surface area contributed by atoms with Crippen LogP contribution < -0.4 is 26.2 Å². The number of anilines is 2. The first-order valence-corrected chi connectivity index (χ1v) is 13.8. The summed E-state index contributed by atoms with van der Waals surface area (Å²) in [5.74, 6) is -1.79. The van der Waals surface area contributed by atoms with Gasteiger partial charge in [0.25, 0.3) is 11.8 Å². The molecule has 4 aromatic carbocycles. The fourth-order valence-corrected chi connectivity index (χ4v) is 5.25. The molecular formula is C33H33N5O4. The number of hydrogen-bond donors (Lipinski definition) is 3. The third-order valence-electron chi connectivity index (χ3n) is 7.77. The van der Waals surface area contributed by atoms with Gasteiger partial charge in [0.2, 0.25) is 11.8 Å². The van der Waals surface area contributed by atoms with Crippen molar-refractivity contribution < 1.29 is 19.2 Å². The maximum atomic E-state index is 14.3. The van der Waals surface area contributed by atoms with Gasteiger partial charge in [0, 0.05) is 11.1 Å². The van der Waals surface area contributed by atoms with Crippen LogP contribution in [0.2, 0.25) is 0 Å². The SMILES string of the molecule is CN[C@@H](C)C(=O)N[C@H]1CN(C(=O)c2cccc(C(N)=O)c2)c2ccccc2N(Cc2c(C)ccc3ccccc23)C1=O. The van der Waals surface area contributed by atoms with Crippen LogP contribution >= 0.6 is 0 Å². The maximum absolute atomic E-state index is 14.3. The second-order valence-electron chi connectivity index (χ2n) is 10.4. The highest BCUT2D eigenvalue weighted by Gasteiger charge is 2.38. The summed E-state index contributed by atoms with van der Waals surface area (Å²) >= 11 is 0. The zero-order valence-electron chi connectivity index (χ0n) is 23.8. The zero-order valence-corrected chi connectivity index (χ0v) is 23.8. The monoisotopic (exact) mass is 563 g/mol. The molecule has 5 rings (SSSR count). The Kier molecular flexibility index (Phi) is 8.04. The standard InChI is InChI=1S/C33H33N5O4/c1-20-15-16-22-9-4-5-12-25(22)26(20)18-37-28-13-6-7-14-29(28)38(19-27(33(37)42)36-31(40)21(2)35-3)32(41)24-11-8-10-23(17-24)30(34)39/h4-17,21,27,35H,18-19H2,1-3H3,(H2,34,39)(H,36,40)/t21-,27-/m0/s1. The second kappa shape index (κ2) is 11.8. The van der Waals surface area contributed by atoms with E-state index in [0.29, 0.717) is 11.4 Å². The van der Waals surface area contributed by atoms with Crippen LogP contribution in [-0.2, 0) is 16.1 Å². The van der Waals surface area contributed by atoms with Gasteiger partial charge >= 0.3 is 0 Å². The fraction of sp³-hybridized carbons (Fsp3) is 0.212. The van der Waals surface area contributed by atoms with E-state index in [0.717, 1.165) is 21.9 Å². The number of aryl methyl sites for hydroxylation is 1. The second-order valence-corrected chi connectivity index (χ2v) is 10.4. The number of nitrogens with one attached hydrogen (secondary N) is 2. The number of likely N-dealkylation sites (N-methyl/N-ethyl adjacent to an activating group) is 1. The van der Waals surface area contributed by atoms with Crippen molar-refractivity contribution >= 4 is 45.8 Å². The van der Waals surface area contributed by atoms with E-state index in [9.17, 15) is 19.2 Å². The average Bonchev–Trinajstić information content (AvgIpc) is 3.12. The molecule has 2 atom stereocenters. The van der Waals surface area contributed by atoms with Crippen LogP contribution in [0.5, 0.6) is 0 Å². The van der Waals surface area contributed by atoms with Crippen LogP contribution in [0.15, 0.2) is 84.9 Å². The molecule has 42 heavy (non-hydrogen) atoms. The molecule has 9 nitrogen and oxygen atoms in total. The highest BCUT2D eigenvalue weighted by atomic mass is 16.2. The molecule has 4 N–H and O–H groups in total. The number of amides is 4. The van der Waals surface area contributed by atoms with Crippen molar-refractivity contribution in [3.8, 4) is 0 Å². The van der Waals surface area contributed by atoms with Gasteiger partial charge in [0.15, 0.2) is 0 Å². The summed E-state index contributed by atoms with van der Waals surface area (Å²) in [6.45, 7) is 3.82. The number of nitrogens with two attached hydrogens (primary N) is 1. The lowest BCUT2D eigenvalue weighted by atomic mass is 9.99. The van der Waals surface area contributed by atoms with Gasteiger partial charge in [0.05, 0.1) is 30.5 Å². The van der Waals surface area contributed by atoms with Crippen LogP contribution in [0.4, 0.5) is 11.4 Å². The van der Waals surface area contributed by atoms with Crippen molar-refractivity contribution in [3.05, 3.63) is 107 Å². The molecule has 0 saturated heterocycles. The summed E-state index contributed by atoms with van der Waals surface area (Å²) in [6, 6.07) is 23.8. The number of nitrogens with zero attached hydrogens (tertiary/aromatic N) is 2. The van der Waals surface area contributed by atoms with Gasteiger partial charge in [-0.3, -0.25) is 19.2 Å². The molecular weight excluding hydrogens is 530 g/mol. The van der Waals surface area contributed by atoms with Gasteiger partial charge in [0.1, 0.15) is 6.04 Å². The molecule has 4 amide bonds. The van der Waals surface area contributed by atoms with E-state index >= 15 is 0 Å². The Morgan fingerprint density at radius 1 is 0.929 bits per heavy atom. The molecule has 4 aromatic rings. The summed E-state index contributed by atoms with van der Waals surface area (Å²) in [5, 5.41) is 7.83. The number of benzene rings is 4. The van der Waals surface area contributed by atoms with Crippen LogP contribution in [0.1, 0.15) is 38.8 Å². The molecule has 214 valence electrons. The Morgan fingerprint density at radius 2 is 1.62 bits per heavy atom. The van der Waals surface area contributed by atoms with E-state index in [4.69, 9.17) is 5.73 Å². The third-order valence-corrected chi connectivity index (χ3v) is 7.77. The van der Waals surface area contributed by atoms with E-state index < -0.39 is 23.9 Å². The number of carbonyl (C=O) groups is 4. The smallest absolute Gasteiger partial charge is 0.258 e. The number of hydrogen-bond acceptors (Lipinski definition) is 5. The van der Waals surface area contributed by atoms with Gasteiger partial charge in [-0.1, -0.05) is 54.6 Å². The zero-order chi connectivity index (χ0) is 30.0. The molecule has 0 unspecified atom stereocenters.